The summed E-state index contributed by atoms with van der Waals surface area (Å²) in [6.07, 6.45) is 2.57. The van der Waals surface area contributed by atoms with E-state index in [1.165, 1.54) is 6.07 Å². The Hall–Kier alpha value is -2.38. The van der Waals surface area contributed by atoms with Gasteiger partial charge < -0.3 is 4.74 Å². The van der Waals surface area contributed by atoms with Crippen LogP contribution in [0.4, 0.5) is 10.1 Å². The van der Waals surface area contributed by atoms with Crippen molar-refractivity contribution in [2.75, 3.05) is 4.72 Å². The molecule has 0 aromatic heterocycles. The lowest BCUT2D eigenvalue weighted by molar-refractivity contribution is -0.144. The number of sulfonamides is 1. The van der Waals surface area contributed by atoms with Gasteiger partial charge in [-0.3, -0.25) is 4.72 Å². The molecule has 5 nitrogen and oxygen atoms in total. The van der Waals surface area contributed by atoms with Crippen LogP contribution in [0, 0.1) is 5.82 Å². The third-order valence-electron chi connectivity index (χ3n) is 4.73. The van der Waals surface area contributed by atoms with E-state index in [9.17, 15) is 17.6 Å². The molecule has 0 aliphatic heterocycles. The predicted octanol–water partition coefficient (Wildman–Crippen LogP) is 5.00. The summed E-state index contributed by atoms with van der Waals surface area (Å²) < 4.78 is 47.0. The molecule has 154 valence electrons. The van der Waals surface area contributed by atoms with E-state index in [1.54, 1.807) is 13.0 Å². The van der Waals surface area contributed by atoms with Crippen LogP contribution in [0.25, 0.3) is 0 Å². The molecule has 29 heavy (non-hydrogen) atoms. The van der Waals surface area contributed by atoms with Gasteiger partial charge in [0, 0.05) is 0 Å². The van der Waals surface area contributed by atoms with Crippen molar-refractivity contribution >= 4 is 33.3 Å². The normalized spacial score (nSPS) is 17.9. The number of allylic oxidation sites excluding steroid dienone is 1. The second-order valence-corrected chi connectivity index (χ2v) is 9.08. The molecule has 0 unspecified atom stereocenters. The second-order valence-electron chi connectivity index (χ2n) is 6.81. The predicted molar refractivity (Wildman–Crippen MR) is 111 cm³/mol. The van der Waals surface area contributed by atoms with Gasteiger partial charge in [0.1, 0.15) is 17.2 Å². The summed E-state index contributed by atoms with van der Waals surface area (Å²) >= 11 is 5.94. The summed E-state index contributed by atoms with van der Waals surface area (Å²) in [7, 11) is -3.99. The maximum absolute atomic E-state index is 13.2. The number of anilines is 1. The van der Waals surface area contributed by atoms with E-state index in [0.717, 1.165) is 17.7 Å². The third kappa shape index (κ3) is 5.16. The van der Waals surface area contributed by atoms with Gasteiger partial charge in [0.15, 0.2) is 0 Å². The van der Waals surface area contributed by atoms with Crippen molar-refractivity contribution in [3.05, 3.63) is 76.6 Å². The van der Waals surface area contributed by atoms with Crippen LogP contribution in [0.2, 0.25) is 5.02 Å². The maximum Gasteiger partial charge on any atom is 0.335 e. The minimum Gasteiger partial charge on any atom is -0.454 e. The quantitative estimate of drug-likeness (QED) is 0.645. The van der Waals surface area contributed by atoms with Crippen molar-refractivity contribution in [2.24, 2.45) is 0 Å². The highest BCUT2D eigenvalue weighted by Gasteiger charge is 2.36. The minimum atomic E-state index is -3.99. The first kappa shape index (κ1) is 21.3. The van der Waals surface area contributed by atoms with Gasteiger partial charge in [0.05, 0.1) is 16.3 Å². The first-order valence-corrected chi connectivity index (χ1v) is 11.1. The molecule has 2 aromatic carbocycles. The van der Waals surface area contributed by atoms with Crippen molar-refractivity contribution in [3.63, 3.8) is 0 Å². The first-order chi connectivity index (χ1) is 13.8. The maximum atomic E-state index is 13.2. The molecule has 1 N–H and O–H groups in total. The molecule has 2 aromatic rings. The zero-order chi connectivity index (χ0) is 21.0. The number of esters is 1. The molecule has 0 amide bonds. The summed E-state index contributed by atoms with van der Waals surface area (Å²) in [5.41, 5.74) is 0.974. The standard InChI is InChI=1S/C21H21ClFNO4S/c1-14(15-7-3-2-4-8-15)28-21(25)17-9-5-6-10-20(17)29(26,27)24-19-12-11-16(23)13-18(19)22/h2-4,7-9,11-14,20,24H,5-6,10H2,1H3/t14-,20+/m0/s1. The van der Waals surface area contributed by atoms with Crippen molar-refractivity contribution in [3.8, 4) is 0 Å². The summed E-state index contributed by atoms with van der Waals surface area (Å²) in [5, 5.41) is -1.14. The number of hydrogen-bond acceptors (Lipinski definition) is 4. The fraction of sp³-hybridized carbons (Fsp3) is 0.286. The molecule has 0 spiro atoms. The molecule has 0 saturated heterocycles. The first-order valence-electron chi connectivity index (χ1n) is 9.20. The molecule has 1 aliphatic carbocycles. The van der Waals surface area contributed by atoms with E-state index in [4.69, 9.17) is 16.3 Å². The highest BCUT2D eigenvalue weighted by molar-refractivity contribution is 7.93. The van der Waals surface area contributed by atoms with Crippen LogP contribution in [0.3, 0.4) is 0 Å². The van der Waals surface area contributed by atoms with Crippen molar-refractivity contribution in [1.29, 1.82) is 0 Å². The Morgan fingerprint density at radius 3 is 2.66 bits per heavy atom. The fourth-order valence-corrected chi connectivity index (χ4v) is 5.10. The van der Waals surface area contributed by atoms with Crippen LogP contribution < -0.4 is 4.72 Å². The number of halogens is 2. The summed E-state index contributed by atoms with van der Waals surface area (Å²) in [6.45, 7) is 1.73. The van der Waals surface area contributed by atoms with E-state index in [1.807, 2.05) is 30.3 Å². The molecular weight excluding hydrogens is 417 g/mol. The molecule has 1 aliphatic rings. The summed E-state index contributed by atoms with van der Waals surface area (Å²) in [4.78, 5) is 12.7. The summed E-state index contributed by atoms with van der Waals surface area (Å²) in [5.74, 6) is -1.24. The van der Waals surface area contributed by atoms with Gasteiger partial charge in [-0.05, 0) is 49.9 Å². The topological polar surface area (TPSA) is 72.5 Å². The van der Waals surface area contributed by atoms with Gasteiger partial charge in [-0.2, -0.15) is 0 Å². The van der Waals surface area contributed by atoms with Crippen LogP contribution in [0.5, 0.6) is 0 Å². The van der Waals surface area contributed by atoms with Crippen LogP contribution >= 0.6 is 11.6 Å². The van der Waals surface area contributed by atoms with E-state index >= 15 is 0 Å². The largest absolute Gasteiger partial charge is 0.454 e. The monoisotopic (exact) mass is 437 g/mol. The SMILES string of the molecule is C[C@H](OC(=O)C1=CCCC[C@H]1S(=O)(=O)Nc1ccc(F)cc1Cl)c1ccccc1. The molecule has 0 saturated carbocycles. The second kappa shape index (κ2) is 8.97. The lowest BCUT2D eigenvalue weighted by Gasteiger charge is -2.25. The summed E-state index contributed by atoms with van der Waals surface area (Å²) in [6, 6.07) is 12.6. The molecule has 0 heterocycles. The van der Waals surface area contributed by atoms with Gasteiger partial charge in [0.2, 0.25) is 10.0 Å². The van der Waals surface area contributed by atoms with Crippen LogP contribution in [-0.4, -0.2) is 19.6 Å². The van der Waals surface area contributed by atoms with Crippen LogP contribution in [-0.2, 0) is 19.6 Å². The molecule has 0 bridgehead atoms. The van der Waals surface area contributed by atoms with Gasteiger partial charge in [-0.25, -0.2) is 17.6 Å². The van der Waals surface area contributed by atoms with E-state index in [-0.39, 0.29) is 22.7 Å². The smallest absolute Gasteiger partial charge is 0.335 e. The van der Waals surface area contributed by atoms with Gasteiger partial charge in [-0.1, -0.05) is 48.0 Å². The lowest BCUT2D eigenvalue weighted by atomic mass is 9.99. The number of benzene rings is 2. The molecule has 2 atom stereocenters. The average Bonchev–Trinajstić information content (AvgIpc) is 2.70. The van der Waals surface area contributed by atoms with Crippen molar-refractivity contribution in [2.45, 2.75) is 37.5 Å². The zero-order valence-corrected chi connectivity index (χ0v) is 17.3. The highest BCUT2D eigenvalue weighted by atomic mass is 35.5. The van der Waals surface area contributed by atoms with E-state index in [2.05, 4.69) is 4.72 Å². The van der Waals surface area contributed by atoms with Crippen molar-refractivity contribution in [1.82, 2.24) is 0 Å². The van der Waals surface area contributed by atoms with E-state index < -0.39 is 33.2 Å². The molecular formula is C21H21ClFNO4S. The Labute approximate surface area is 174 Å². The Morgan fingerprint density at radius 1 is 1.24 bits per heavy atom. The number of ether oxygens (including phenoxy) is 1. The average molecular weight is 438 g/mol. The van der Waals surface area contributed by atoms with Gasteiger partial charge in [0.25, 0.3) is 0 Å². The number of carbonyl (C=O) groups is 1. The van der Waals surface area contributed by atoms with E-state index in [0.29, 0.717) is 12.8 Å². The molecule has 3 rings (SSSR count). The Kier molecular flexibility index (Phi) is 6.59. The van der Waals surface area contributed by atoms with Crippen LogP contribution in [0.15, 0.2) is 60.2 Å². The fourth-order valence-electron chi connectivity index (χ4n) is 3.20. The molecule has 0 fully saturated rings. The Balaban J connectivity index is 1.79. The number of hydrogen-bond donors (Lipinski definition) is 1. The number of nitrogens with one attached hydrogen (secondary N) is 1. The Morgan fingerprint density at radius 2 is 1.97 bits per heavy atom. The third-order valence-corrected chi connectivity index (χ3v) is 6.78. The van der Waals surface area contributed by atoms with Crippen molar-refractivity contribution < 1.29 is 22.3 Å². The minimum absolute atomic E-state index is 0.0593. The lowest BCUT2D eigenvalue weighted by Crippen LogP contribution is -2.35. The Bertz CT molecular complexity index is 1020. The number of carbonyl (C=O) groups excluding carboxylic acids is 1. The zero-order valence-electron chi connectivity index (χ0n) is 15.8. The van der Waals surface area contributed by atoms with Gasteiger partial charge >= 0.3 is 5.97 Å². The van der Waals surface area contributed by atoms with Crippen LogP contribution in [0.1, 0.15) is 37.9 Å². The highest BCUT2D eigenvalue weighted by Crippen LogP contribution is 2.31. The van der Waals surface area contributed by atoms with Gasteiger partial charge in [-0.15, -0.1) is 0 Å². The molecule has 8 heteroatoms. The number of rotatable bonds is 6. The molecule has 0 radical (unpaired) electrons.